The topological polar surface area (TPSA) is 79.6 Å². The zero-order valence-electron chi connectivity index (χ0n) is 17.1. The first kappa shape index (κ1) is 20.1. The summed E-state index contributed by atoms with van der Waals surface area (Å²) < 4.78 is 25.6. The molecular weight excluding hydrogens is 398 g/mol. The van der Waals surface area contributed by atoms with Crippen LogP contribution in [0.1, 0.15) is 5.56 Å². The van der Waals surface area contributed by atoms with Crippen molar-refractivity contribution in [3.8, 4) is 11.3 Å². The van der Waals surface area contributed by atoms with Crippen LogP contribution in [0.5, 0.6) is 0 Å². The Labute approximate surface area is 175 Å². The summed E-state index contributed by atoms with van der Waals surface area (Å²) in [6, 6.07) is 20.6. The second kappa shape index (κ2) is 7.89. The van der Waals surface area contributed by atoms with Gasteiger partial charge in [-0.1, -0.05) is 30.3 Å². The summed E-state index contributed by atoms with van der Waals surface area (Å²) in [4.78, 5) is 6.95. The zero-order chi connectivity index (χ0) is 21.3. The van der Waals surface area contributed by atoms with Gasteiger partial charge in [0.1, 0.15) is 0 Å². The Bertz CT molecular complexity index is 1310. The second-order valence-corrected chi connectivity index (χ2v) is 9.50. The summed E-state index contributed by atoms with van der Waals surface area (Å²) in [6.45, 7) is 0.842. The number of hydrogen-bond donors (Lipinski definition) is 1. The maximum Gasteiger partial charge on any atom is 0.247 e. The van der Waals surface area contributed by atoms with Crippen molar-refractivity contribution in [3.05, 3.63) is 72.3 Å². The Morgan fingerprint density at radius 3 is 2.53 bits per heavy atom. The van der Waals surface area contributed by atoms with E-state index in [1.165, 1.54) is 11.8 Å². The molecule has 0 unspecified atom stereocenters. The minimum Gasteiger partial charge on any atom is -0.323 e. The predicted octanol–water partition coefficient (Wildman–Crippen LogP) is 3.61. The quantitative estimate of drug-likeness (QED) is 0.512. The minimum atomic E-state index is -3.30. The molecule has 0 aliphatic rings. The third-order valence-corrected chi connectivity index (χ3v) is 5.71. The van der Waals surface area contributed by atoms with Gasteiger partial charge in [0.15, 0.2) is 15.5 Å². The van der Waals surface area contributed by atoms with Crippen molar-refractivity contribution in [1.82, 2.24) is 19.5 Å². The fourth-order valence-corrected chi connectivity index (χ4v) is 3.97. The Morgan fingerprint density at radius 2 is 1.77 bits per heavy atom. The van der Waals surface area contributed by atoms with Crippen LogP contribution in [0.15, 0.2) is 71.6 Å². The third kappa shape index (κ3) is 4.34. The smallest absolute Gasteiger partial charge is 0.247 e. The van der Waals surface area contributed by atoms with Crippen LogP contribution in [0.4, 0.5) is 11.6 Å². The lowest BCUT2D eigenvalue weighted by Crippen LogP contribution is -2.10. The van der Waals surface area contributed by atoms with Crippen LogP contribution in [0.25, 0.3) is 16.9 Å². The van der Waals surface area contributed by atoms with Gasteiger partial charge in [0.05, 0.1) is 10.6 Å². The summed E-state index contributed by atoms with van der Waals surface area (Å²) in [5.41, 5.74) is 4.29. The van der Waals surface area contributed by atoms with Crippen LogP contribution < -0.4 is 5.32 Å². The molecule has 4 aromatic rings. The number of sulfone groups is 1. The van der Waals surface area contributed by atoms with Gasteiger partial charge in [-0.15, -0.1) is 5.10 Å². The van der Waals surface area contributed by atoms with Gasteiger partial charge in [0.2, 0.25) is 5.95 Å². The first-order valence-electron chi connectivity index (χ1n) is 9.46. The van der Waals surface area contributed by atoms with Gasteiger partial charge < -0.3 is 10.2 Å². The standard InChI is InChI=1S/C22H23N5O2S/c1-26(2)15-16-7-4-9-18(13-16)23-22-24-21-12-6-11-20(27(21)25-22)17-8-5-10-19(14-17)30(3,28)29/h4-14H,15H2,1-3H3,(H,23,25). The Morgan fingerprint density at radius 1 is 1.00 bits per heavy atom. The molecule has 0 aliphatic heterocycles. The van der Waals surface area contributed by atoms with Crippen molar-refractivity contribution in [3.63, 3.8) is 0 Å². The molecule has 0 radical (unpaired) electrons. The highest BCUT2D eigenvalue weighted by molar-refractivity contribution is 7.90. The SMILES string of the molecule is CN(C)Cc1cccc(Nc2nc3cccc(-c4cccc(S(C)(=O)=O)c4)n3n2)c1. The van der Waals surface area contributed by atoms with Crippen LogP contribution in [-0.4, -0.2) is 48.3 Å². The van der Waals surface area contributed by atoms with Gasteiger partial charge in [0, 0.05) is 24.1 Å². The molecule has 1 N–H and O–H groups in total. The Balaban J connectivity index is 1.70. The third-order valence-electron chi connectivity index (χ3n) is 4.60. The van der Waals surface area contributed by atoms with E-state index in [0.29, 0.717) is 11.6 Å². The number of hydrogen-bond acceptors (Lipinski definition) is 6. The van der Waals surface area contributed by atoms with E-state index in [2.05, 4.69) is 32.4 Å². The lowest BCUT2D eigenvalue weighted by molar-refractivity contribution is 0.402. The van der Waals surface area contributed by atoms with Gasteiger partial charge in [-0.25, -0.2) is 12.9 Å². The fourth-order valence-electron chi connectivity index (χ4n) is 3.30. The van der Waals surface area contributed by atoms with E-state index in [1.807, 2.05) is 50.5 Å². The minimum absolute atomic E-state index is 0.271. The molecule has 8 heteroatoms. The van der Waals surface area contributed by atoms with E-state index in [4.69, 9.17) is 0 Å². The number of pyridine rings is 1. The highest BCUT2D eigenvalue weighted by atomic mass is 32.2. The van der Waals surface area contributed by atoms with E-state index >= 15 is 0 Å². The molecular formula is C22H23N5O2S. The number of benzene rings is 2. The summed E-state index contributed by atoms with van der Waals surface area (Å²) >= 11 is 0. The van der Waals surface area contributed by atoms with Crippen molar-refractivity contribution in [2.75, 3.05) is 25.7 Å². The number of aromatic nitrogens is 3. The van der Waals surface area contributed by atoms with Crippen LogP contribution >= 0.6 is 0 Å². The first-order chi connectivity index (χ1) is 14.3. The molecule has 7 nitrogen and oxygen atoms in total. The number of nitrogens with zero attached hydrogens (tertiary/aromatic N) is 4. The zero-order valence-corrected chi connectivity index (χ0v) is 17.9. The van der Waals surface area contributed by atoms with Crippen molar-refractivity contribution < 1.29 is 8.42 Å². The molecule has 154 valence electrons. The molecule has 2 heterocycles. The highest BCUT2D eigenvalue weighted by Gasteiger charge is 2.12. The maximum atomic E-state index is 11.9. The van der Waals surface area contributed by atoms with Gasteiger partial charge >= 0.3 is 0 Å². The summed E-state index contributed by atoms with van der Waals surface area (Å²) in [5.74, 6) is 0.476. The van der Waals surface area contributed by atoms with Crippen LogP contribution in [0.2, 0.25) is 0 Å². The van der Waals surface area contributed by atoms with E-state index < -0.39 is 9.84 Å². The van der Waals surface area contributed by atoms with Gasteiger partial charge in [-0.3, -0.25) is 0 Å². The Hall–Kier alpha value is -3.23. The van der Waals surface area contributed by atoms with E-state index in [9.17, 15) is 8.42 Å². The van der Waals surface area contributed by atoms with Crippen LogP contribution in [0.3, 0.4) is 0 Å². The molecule has 0 saturated carbocycles. The number of fused-ring (bicyclic) bond motifs is 1. The van der Waals surface area contributed by atoms with E-state index in [-0.39, 0.29) is 4.90 Å². The predicted molar refractivity (Wildman–Crippen MR) is 119 cm³/mol. The average molecular weight is 422 g/mol. The van der Waals surface area contributed by atoms with Crippen LogP contribution in [-0.2, 0) is 16.4 Å². The highest BCUT2D eigenvalue weighted by Crippen LogP contribution is 2.24. The fraction of sp³-hybridized carbons (Fsp3) is 0.182. The number of rotatable bonds is 6. The molecule has 2 aromatic heterocycles. The van der Waals surface area contributed by atoms with E-state index in [1.54, 1.807) is 22.7 Å². The first-order valence-corrected chi connectivity index (χ1v) is 11.4. The molecule has 4 rings (SSSR count). The molecule has 0 spiro atoms. The lowest BCUT2D eigenvalue weighted by atomic mass is 10.1. The molecule has 0 atom stereocenters. The molecule has 0 fully saturated rings. The summed E-state index contributed by atoms with van der Waals surface area (Å²) in [5, 5.41) is 7.87. The van der Waals surface area contributed by atoms with Gasteiger partial charge in [-0.05, 0) is 56.1 Å². The van der Waals surface area contributed by atoms with Crippen LogP contribution in [0, 0.1) is 0 Å². The molecule has 0 saturated heterocycles. The average Bonchev–Trinajstić information content (AvgIpc) is 3.09. The number of nitrogens with one attached hydrogen (secondary N) is 1. The van der Waals surface area contributed by atoms with E-state index in [0.717, 1.165) is 23.5 Å². The molecule has 0 aliphatic carbocycles. The van der Waals surface area contributed by atoms with Gasteiger partial charge in [0.25, 0.3) is 0 Å². The molecule has 2 aromatic carbocycles. The largest absolute Gasteiger partial charge is 0.323 e. The molecule has 30 heavy (non-hydrogen) atoms. The Kier molecular flexibility index (Phi) is 5.27. The summed E-state index contributed by atoms with van der Waals surface area (Å²) in [7, 11) is 0.768. The van der Waals surface area contributed by atoms with Crippen molar-refractivity contribution >= 4 is 27.1 Å². The second-order valence-electron chi connectivity index (χ2n) is 7.48. The normalized spacial score (nSPS) is 11.9. The van der Waals surface area contributed by atoms with Crippen molar-refractivity contribution in [1.29, 1.82) is 0 Å². The lowest BCUT2D eigenvalue weighted by Gasteiger charge is -2.10. The molecule has 0 bridgehead atoms. The van der Waals surface area contributed by atoms with Crippen molar-refractivity contribution in [2.45, 2.75) is 11.4 Å². The maximum absolute atomic E-state index is 11.9. The van der Waals surface area contributed by atoms with Gasteiger partial charge in [-0.2, -0.15) is 4.98 Å². The van der Waals surface area contributed by atoms with Crippen molar-refractivity contribution in [2.24, 2.45) is 0 Å². The monoisotopic (exact) mass is 421 g/mol. The number of anilines is 2. The molecule has 0 amide bonds. The summed E-state index contributed by atoms with van der Waals surface area (Å²) in [6.07, 6.45) is 1.20.